The molecular formula is C6H10N4O2. The van der Waals surface area contributed by atoms with E-state index in [9.17, 15) is 0 Å². The third-order valence-electron chi connectivity index (χ3n) is 0.855. The summed E-state index contributed by atoms with van der Waals surface area (Å²) in [6, 6.07) is 0. The van der Waals surface area contributed by atoms with Gasteiger partial charge in [0.2, 0.25) is 0 Å². The van der Waals surface area contributed by atoms with Gasteiger partial charge in [-0.05, 0) is 13.8 Å². The second-order valence-corrected chi connectivity index (χ2v) is 1.97. The summed E-state index contributed by atoms with van der Waals surface area (Å²) >= 11 is 0. The molecular weight excluding hydrogens is 160 g/mol. The molecule has 0 rings (SSSR count). The average molecular weight is 170 g/mol. The molecule has 6 heteroatoms. The Bertz CT molecular complexity index is 216. The summed E-state index contributed by atoms with van der Waals surface area (Å²) in [7, 11) is 0. The average Bonchev–Trinajstić information content (AvgIpc) is 2.02. The van der Waals surface area contributed by atoms with Crippen molar-refractivity contribution in [2.45, 2.75) is 13.8 Å². The van der Waals surface area contributed by atoms with Crippen molar-refractivity contribution in [2.75, 3.05) is 0 Å². The maximum atomic E-state index is 8.08. The van der Waals surface area contributed by atoms with Gasteiger partial charge < -0.3 is 10.4 Å². The zero-order chi connectivity index (χ0) is 9.40. The number of hydrogen-bond acceptors (Lipinski definition) is 6. The first-order chi connectivity index (χ1) is 5.70. The largest absolute Gasteiger partial charge is 0.411 e. The predicted octanol–water partition coefficient (Wildman–Crippen LogP) is 0.743. The third kappa shape index (κ3) is 5.10. The highest BCUT2D eigenvalue weighted by Gasteiger charge is 1.84. The van der Waals surface area contributed by atoms with E-state index >= 15 is 0 Å². The minimum atomic E-state index is 0.447. The van der Waals surface area contributed by atoms with E-state index in [1.165, 1.54) is 0 Å². The Morgan fingerprint density at radius 2 is 1.25 bits per heavy atom. The molecule has 0 aliphatic rings. The summed E-state index contributed by atoms with van der Waals surface area (Å²) in [5.41, 5.74) is 0.895. The molecule has 0 aromatic heterocycles. The van der Waals surface area contributed by atoms with E-state index in [2.05, 4.69) is 20.5 Å². The number of rotatable bonds is 3. The van der Waals surface area contributed by atoms with Gasteiger partial charge in [-0.1, -0.05) is 10.3 Å². The van der Waals surface area contributed by atoms with Crippen LogP contribution < -0.4 is 0 Å². The highest BCUT2D eigenvalue weighted by atomic mass is 16.4. The molecule has 0 saturated heterocycles. The smallest absolute Gasteiger partial charge is 0.0892 e. The normalized spacial score (nSPS) is 14.8. The molecule has 0 aliphatic heterocycles. The van der Waals surface area contributed by atoms with Gasteiger partial charge in [-0.2, -0.15) is 10.2 Å². The van der Waals surface area contributed by atoms with Gasteiger partial charge in [0.1, 0.15) is 0 Å². The summed E-state index contributed by atoms with van der Waals surface area (Å²) < 4.78 is 0. The summed E-state index contributed by atoms with van der Waals surface area (Å²) in [6.07, 6.45) is 2.29. The first kappa shape index (κ1) is 10.3. The van der Waals surface area contributed by atoms with Crippen LogP contribution in [0.2, 0.25) is 0 Å². The number of nitrogens with zero attached hydrogens (tertiary/aromatic N) is 4. The molecule has 2 N–H and O–H groups in total. The van der Waals surface area contributed by atoms with Gasteiger partial charge >= 0.3 is 0 Å². The zero-order valence-electron chi connectivity index (χ0n) is 6.84. The fraction of sp³-hybridized carbons (Fsp3) is 0.333. The maximum Gasteiger partial charge on any atom is 0.0892 e. The van der Waals surface area contributed by atoms with Gasteiger partial charge in [0, 0.05) is 0 Å². The van der Waals surface area contributed by atoms with Crippen LogP contribution in [0.15, 0.2) is 20.5 Å². The van der Waals surface area contributed by atoms with Gasteiger partial charge in [-0.25, -0.2) is 0 Å². The van der Waals surface area contributed by atoms with Crippen LogP contribution in [0.3, 0.4) is 0 Å². The summed E-state index contributed by atoms with van der Waals surface area (Å²) in [6.45, 7) is 3.24. The van der Waals surface area contributed by atoms with Gasteiger partial charge in [0.05, 0.1) is 23.9 Å². The Labute approximate surface area is 69.6 Å². The van der Waals surface area contributed by atoms with Crippen molar-refractivity contribution in [3.8, 4) is 0 Å². The zero-order valence-corrected chi connectivity index (χ0v) is 6.84. The Hall–Kier alpha value is -1.72. The van der Waals surface area contributed by atoms with Gasteiger partial charge in [-0.15, -0.1) is 0 Å². The van der Waals surface area contributed by atoms with Crippen molar-refractivity contribution in [3.05, 3.63) is 0 Å². The van der Waals surface area contributed by atoms with Gasteiger partial charge in [0.25, 0.3) is 0 Å². The fourth-order valence-electron chi connectivity index (χ4n) is 0.376. The van der Waals surface area contributed by atoms with Crippen LogP contribution in [0.4, 0.5) is 0 Å². The molecule has 12 heavy (non-hydrogen) atoms. The fourth-order valence-corrected chi connectivity index (χ4v) is 0.376. The van der Waals surface area contributed by atoms with Crippen LogP contribution in [0.1, 0.15) is 13.8 Å². The SMILES string of the molecule is CC(/C=N\O)=N/N=C(C)\C=N/O. The third-order valence-corrected chi connectivity index (χ3v) is 0.855. The van der Waals surface area contributed by atoms with Crippen LogP contribution in [-0.4, -0.2) is 34.3 Å². The van der Waals surface area contributed by atoms with Crippen LogP contribution in [0.25, 0.3) is 0 Å². The lowest BCUT2D eigenvalue weighted by molar-refractivity contribution is 0.322. The first-order valence-electron chi connectivity index (χ1n) is 3.14. The highest BCUT2D eigenvalue weighted by molar-refractivity contribution is 6.31. The van der Waals surface area contributed by atoms with Crippen LogP contribution in [0.5, 0.6) is 0 Å². The van der Waals surface area contributed by atoms with E-state index in [0.717, 1.165) is 12.4 Å². The van der Waals surface area contributed by atoms with E-state index in [-0.39, 0.29) is 0 Å². The Morgan fingerprint density at radius 1 is 0.917 bits per heavy atom. The summed E-state index contributed by atoms with van der Waals surface area (Å²) in [5.74, 6) is 0. The van der Waals surface area contributed by atoms with Crippen molar-refractivity contribution in [1.29, 1.82) is 0 Å². The van der Waals surface area contributed by atoms with Crippen LogP contribution in [0, 0.1) is 0 Å². The summed E-state index contributed by atoms with van der Waals surface area (Å²) in [5, 5.41) is 28.9. The lowest BCUT2D eigenvalue weighted by atomic mass is 10.5. The molecule has 0 aromatic carbocycles. The van der Waals surface area contributed by atoms with Crippen molar-refractivity contribution in [2.24, 2.45) is 20.5 Å². The molecule has 0 heterocycles. The van der Waals surface area contributed by atoms with E-state index < -0.39 is 0 Å². The number of oxime groups is 2. The van der Waals surface area contributed by atoms with E-state index in [1.54, 1.807) is 13.8 Å². The molecule has 66 valence electrons. The minimum absolute atomic E-state index is 0.447. The minimum Gasteiger partial charge on any atom is -0.411 e. The Morgan fingerprint density at radius 3 is 1.50 bits per heavy atom. The number of hydrogen-bond donors (Lipinski definition) is 2. The molecule has 0 bridgehead atoms. The first-order valence-corrected chi connectivity index (χ1v) is 3.14. The van der Waals surface area contributed by atoms with Crippen molar-refractivity contribution in [1.82, 2.24) is 0 Å². The van der Waals surface area contributed by atoms with Crippen LogP contribution in [-0.2, 0) is 0 Å². The van der Waals surface area contributed by atoms with Gasteiger partial charge in [-0.3, -0.25) is 0 Å². The molecule has 0 spiro atoms. The van der Waals surface area contributed by atoms with Crippen molar-refractivity contribution in [3.63, 3.8) is 0 Å². The molecule has 0 aromatic rings. The molecule has 0 radical (unpaired) electrons. The second-order valence-electron chi connectivity index (χ2n) is 1.97. The molecule has 0 amide bonds. The molecule has 6 nitrogen and oxygen atoms in total. The summed E-state index contributed by atoms with van der Waals surface area (Å²) in [4.78, 5) is 0. The van der Waals surface area contributed by atoms with E-state index in [1.807, 2.05) is 0 Å². The monoisotopic (exact) mass is 170 g/mol. The Kier molecular flexibility index (Phi) is 5.16. The van der Waals surface area contributed by atoms with E-state index in [0.29, 0.717) is 11.4 Å². The van der Waals surface area contributed by atoms with Crippen molar-refractivity contribution < 1.29 is 10.4 Å². The standard InChI is InChI=1S/C6H10N4O2/c1-5(3-7-11)9-10-6(2)4-8-12/h3-4,11-12H,1-2H3/b7-3-,8-4-,9-5-,10-6-. The van der Waals surface area contributed by atoms with Crippen LogP contribution >= 0.6 is 0 Å². The topological polar surface area (TPSA) is 89.9 Å². The lowest BCUT2D eigenvalue weighted by Crippen LogP contribution is -1.94. The lowest BCUT2D eigenvalue weighted by Gasteiger charge is -1.85. The Balaban J connectivity index is 4.26. The predicted molar refractivity (Wildman–Crippen MR) is 46.8 cm³/mol. The molecule has 0 aliphatic carbocycles. The molecule has 0 unspecified atom stereocenters. The second kappa shape index (κ2) is 6.02. The molecule has 0 fully saturated rings. The quantitative estimate of drug-likeness (QED) is 0.371. The molecule has 0 saturated carbocycles. The van der Waals surface area contributed by atoms with Gasteiger partial charge in [0.15, 0.2) is 0 Å². The van der Waals surface area contributed by atoms with Crippen molar-refractivity contribution >= 4 is 23.9 Å². The maximum absolute atomic E-state index is 8.08. The highest BCUT2D eigenvalue weighted by Crippen LogP contribution is 1.79. The molecule has 0 atom stereocenters. The van der Waals surface area contributed by atoms with E-state index in [4.69, 9.17) is 10.4 Å².